The van der Waals surface area contributed by atoms with Crippen LogP contribution < -0.4 is 15.4 Å². The molecule has 0 bridgehead atoms. The summed E-state index contributed by atoms with van der Waals surface area (Å²) in [6, 6.07) is 12.0. The molecule has 3 N–H and O–H groups in total. The van der Waals surface area contributed by atoms with Gasteiger partial charge in [-0.2, -0.15) is 0 Å². The third-order valence-electron chi connectivity index (χ3n) is 3.64. The zero-order valence-electron chi connectivity index (χ0n) is 15.9. The molecule has 9 heteroatoms. The second kappa shape index (κ2) is 9.45. The largest absolute Gasteiger partial charge is 0.383 e. The lowest BCUT2D eigenvalue weighted by Gasteiger charge is -2.13. The third-order valence-corrected chi connectivity index (χ3v) is 5.25. The van der Waals surface area contributed by atoms with E-state index in [0.29, 0.717) is 16.9 Å². The summed E-state index contributed by atoms with van der Waals surface area (Å²) in [7, 11) is -2.18. The highest BCUT2D eigenvalue weighted by molar-refractivity contribution is 7.89. The lowest BCUT2D eigenvalue weighted by atomic mass is 10.2. The number of methoxy groups -OCH3 is 1. The first kappa shape index (κ1) is 21.5. The number of benzene rings is 2. The van der Waals surface area contributed by atoms with Crippen molar-refractivity contribution in [2.24, 2.45) is 0 Å². The Labute approximate surface area is 164 Å². The first-order valence-electron chi connectivity index (χ1n) is 8.51. The van der Waals surface area contributed by atoms with E-state index in [1.807, 2.05) is 0 Å². The molecule has 0 aliphatic heterocycles. The molecule has 2 rings (SSSR count). The van der Waals surface area contributed by atoms with E-state index in [1.165, 1.54) is 38.3 Å². The SMILES string of the molecule is COC[C@@H](C)NS(=O)(=O)c1ccc(NC(=O)c2cccc(NC(C)=O)c2)cc1. The van der Waals surface area contributed by atoms with Gasteiger partial charge in [-0.05, 0) is 49.4 Å². The van der Waals surface area contributed by atoms with Crippen molar-refractivity contribution < 1.29 is 22.7 Å². The number of amides is 2. The quantitative estimate of drug-likeness (QED) is 0.623. The second-order valence-corrected chi connectivity index (χ2v) is 7.93. The highest BCUT2D eigenvalue weighted by Crippen LogP contribution is 2.17. The number of hydrogen-bond donors (Lipinski definition) is 3. The molecule has 0 aromatic heterocycles. The molecule has 28 heavy (non-hydrogen) atoms. The number of nitrogens with one attached hydrogen (secondary N) is 3. The van der Waals surface area contributed by atoms with Crippen molar-refractivity contribution in [3.8, 4) is 0 Å². The summed E-state index contributed by atoms with van der Waals surface area (Å²) in [5.74, 6) is -0.613. The Morgan fingerprint density at radius 3 is 2.32 bits per heavy atom. The van der Waals surface area contributed by atoms with Gasteiger partial charge in [0, 0.05) is 37.0 Å². The zero-order chi connectivity index (χ0) is 20.7. The molecule has 0 saturated carbocycles. The van der Waals surface area contributed by atoms with Gasteiger partial charge in [-0.15, -0.1) is 0 Å². The number of hydrogen-bond acceptors (Lipinski definition) is 5. The van der Waals surface area contributed by atoms with E-state index in [-0.39, 0.29) is 29.4 Å². The van der Waals surface area contributed by atoms with Crippen LogP contribution >= 0.6 is 0 Å². The van der Waals surface area contributed by atoms with Crippen molar-refractivity contribution in [2.45, 2.75) is 24.8 Å². The second-order valence-electron chi connectivity index (χ2n) is 6.22. The number of carbonyl (C=O) groups is 2. The van der Waals surface area contributed by atoms with Crippen molar-refractivity contribution in [1.29, 1.82) is 0 Å². The highest BCUT2D eigenvalue weighted by Gasteiger charge is 2.17. The van der Waals surface area contributed by atoms with E-state index < -0.39 is 10.0 Å². The van der Waals surface area contributed by atoms with Crippen LogP contribution in [0.5, 0.6) is 0 Å². The minimum Gasteiger partial charge on any atom is -0.383 e. The molecule has 0 radical (unpaired) electrons. The Kier molecular flexibility index (Phi) is 7.27. The van der Waals surface area contributed by atoms with Crippen LogP contribution in [0.4, 0.5) is 11.4 Å². The molecule has 8 nitrogen and oxygen atoms in total. The molecule has 0 heterocycles. The Hall–Kier alpha value is -2.75. The predicted molar refractivity (Wildman–Crippen MR) is 107 cm³/mol. The van der Waals surface area contributed by atoms with Gasteiger partial charge in [0.15, 0.2) is 0 Å². The highest BCUT2D eigenvalue weighted by atomic mass is 32.2. The van der Waals surface area contributed by atoms with E-state index in [1.54, 1.807) is 31.2 Å². The van der Waals surface area contributed by atoms with E-state index in [4.69, 9.17) is 4.74 Å². The number of sulfonamides is 1. The summed E-state index contributed by atoms with van der Waals surface area (Å²) >= 11 is 0. The fraction of sp³-hybridized carbons (Fsp3) is 0.263. The smallest absolute Gasteiger partial charge is 0.255 e. The predicted octanol–water partition coefficient (Wildman–Crippen LogP) is 2.21. The van der Waals surface area contributed by atoms with Crippen LogP contribution in [0.15, 0.2) is 53.4 Å². The van der Waals surface area contributed by atoms with Crippen molar-refractivity contribution >= 4 is 33.2 Å². The molecule has 2 aromatic carbocycles. The van der Waals surface area contributed by atoms with Crippen molar-refractivity contribution in [2.75, 3.05) is 24.4 Å². The van der Waals surface area contributed by atoms with Crippen LogP contribution in [0.1, 0.15) is 24.2 Å². The van der Waals surface area contributed by atoms with E-state index in [9.17, 15) is 18.0 Å². The fourth-order valence-corrected chi connectivity index (χ4v) is 3.71. The van der Waals surface area contributed by atoms with Gasteiger partial charge in [-0.3, -0.25) is 9.59 Å². The van der Waals surface area contributed by atoms with Gasteiger partial charge in [0.1, 0.15) is 0 Å². The summed E-state index contributed by atoms with van der Waals surface area (Å²) in [4.78, 5) is 23.6. The Bertz CT molecular complexity index is 942. The lowest BCUT2D eigenvalue weighted by molar-refractivity contribution is -0.114. The number of rotatable bonds is 8. The average Bonchev–Trinajstić information content (AvgIpc) is 2.61. The number of ether oxygens (including phenoxy) is 1. The standard InChI is InChI=1S/C19H23N3O5S/c1-13(12-27-3)22-28(25,26)18-9-7-16(8-10-18)21-19(24)15-5-4-6-17(11-15)20-14(2)23/h4-11,13,22H,12H2,1-3H3,(H,20,23)(H,21,24)/t13-/m1/s1. The van der Waals surface area contributed by atoms with E-state index in [2.05, 4.69) is 15.4 Å². The number of anilines is 2. The summed E-state index contributed by atoms with van der Waals surface area (Å²) in [5.41, 5.74) is 1.31. The molecule has 0 aliphatic carbocycles. The van der Waals surface area contributed by atoms with Crippen molar-refractivity contribution in [3.63, 3.8) is 0 Å². The Morgan fingerprint density at radius 2 is 1.71 bits per heavy atom. The van der Waals surface area contributed by atoms with Gasteiger partial charge >= 0.3 is 0 Å². The van der Waals surface area contributed by atoms with Gasteiger partial charge < -0.3 is 15.4 Å². The molecular weight excluding hydrogens is 382 g/mol. The van der Waals surface area contributed by atoms with Crippen LogP contribution in [-0.4, -0.2) is 40.0 Å². The minimum absolute atomic E-state index is 0.0844. The molecule has 0 saturated heterocycles. The van der Waals surface area contributed by atoms with Crippen LogP contribution in [0.2, 0.25) is 0 Å². The van der Waals surface area contributed by atoms with Crippen LogP contribution in [0.3, 0.4) is 0 Å². The van der Waals surface area contributed by atoms with Crippen molar-refractivity contribution in [1.82, 2.24) is 4.72 Å². The molecule has 0 unspecified atom stereocenters. The molecule has 2 amide bonds. The number of carbonyl (C=O) groups excluding carboxylic acids is 2. The van der Waals surface area contributed by atoms with Crippen LogP contribution in [0.25, 0.3) is 0 Å². The van der Waals surface area contributed by atoms with Gasteiger partial charge in [0.2, 0.25) is 15.9 Å². The molecule has 2 aromatic rings. The maximum Gasteiger partial charge on any atom is 0.255 e. The van der Waals surface area contributed by atoms with Gasteiger partial charge in [-0.25, -0.2) is 13.1 Å². The molecular formula is C19H23N3O5S. The maximum absolute atomic E-state index is 12.4. The van der Waals surface area contributed by atoms with Gasteiger partial charge in [0.25, 0.3) is 5.91 Å². The Morgan fingerprint density at radius 1 is 1.04 bits per heavy atom. The topological polar surface area (TPSA) is 114 Å². The van der Waals surface area contributed by atoms with Gasteiger partial charge in [0.05, 0.1) is 11.5 Å². The maximum atomic E-state index is 12.4. The van der Waals surface area contributed by atoms with Gasteiger partial charge in [-0.1, -0.05) is 6.07 Å². The summed E-state index contributed by atoms with van der Waals surface area (Å²) in [5, 5.41) is 5.30. The zero-order valence-corrected chi connectivity index (χ0v) is 16.7. The van der Waals surface area contributed by atoms with E-state index >= 15 is 0 Å². The average molecular weight is 405 g/mol. The molecule has 0 fully saturated rings. The monoisotopic (exact) mass is 405 g/mol. The summed E-state index contributed by atoms with van der Waals surface area (Å²) < 4.78 is 32.0. The molecule has 150 valence electrons. The first-order valence-corrected chi connectivity index (χ1v) is 10.00. The fourth-order valence-electron chi connectivity index (χ4n) is 2.48. The third kappa shape index (κ3) is 6.15. The Balaban J connectivity index is 2.08. The van der Waals surface area contributed by atoms with E-state index in [0.717, 1.165) is 0 Å². The molecule has 1 atom stereocenters. The summed E-state index contributed by atoms with van der Waals surface area (Å²) in [6.07, 6.45) is 0. The molecule has 0 spiro atoms. The first-order chi connectivity index (χ1) is 13.2. The van der Waals surface area contributed by atoms with Crippen LogP contribution in [-0.2, 0) is 19.6 Å². The molecule has 0 aliphatic rings. The normalized spacial score (nSPS) is 12.2. The lowest BCUT2D eigenvalue weighted by Crippen LogP contribution is -2.35. The minimum atomic E-state index is -3.68. The van der Waals surface area contributed by atoms with Crippen LogP contribution in [0, 0.1) is 0 Å². The summed E-state index contributed by atoms with van der Waals surface area (Å²) in [6.45, 7) is 3.34. The van der Waals surface area contributed by atoms with Crippen molar-refractivity contribution in [3.05, 3.63) is 54.1 Å².